The average Bonchev–Trinajstić information content (AvgIpc) is 3.00. The molecule has 0 spiro atoms. The lowest BCUT2D eigenvalue weighted by Crippen LogP contribution is -2.14. The third-order valence-electron chi connectivity index (χ3n) is 2.96. The number of aromatic nitrogens is 4. The predicted octanol–water partition coefficient (Wildman–Crippen LogP) is 0.838. The molecule has 19 heavy (non-hydrogen) atoms. The van der Waals surface area contributed by atoms with Crippen molar-refractivity contribution < 1.29 is 9.47 Å². The number of nitrogens with zero attached hydrogens (tertiary/aromatic N) is 3. The molecule has 7 heteroatoms. The zero-order valence-electron chi connectivity index (χ0n) is 9.66. The van der Waals surface area contributed by atoms with E-state index in [9.17, 15) is 4.79 Å². The van der Waals surface area contributed by atoms with Gasteiger partial charge in [0.05, 0.1) is 11.9 Å². The molecule has 1 N–H and O–H groups in total. The maximum Gasteiger partial charge on any atom is 0.332 e. The van der Waals surface area contributed by atoms with E-state index in [1.54, 1.807) is 24.4 Å². The highest BCUT2D eigenvalue weighted by Gasteiger charge is 2.16. The van der Waals surface area contributed by atoms with E-state index in [2.05, 4.69) is 15.0 Å². The van der Waals surface area contributed by atoms with Crippen LogP contribution in [-0.2, 0) is 0 Å². The molecule has 4 rings (SSSR count). The molecule has 0 fully saturated rings. The van der Waals surface area contributed by atoms with Crippen molar-refractivity contribution in [3.05, 3.63) is 41.2 Å². The summed E-state index contributed by atoms with van der Waals surface area (Å²) < 4.78 is 12.0. The maximum atomic E-state index is 12.0. The first-order valence-electron chi connectivity index (χ1n) is 5.64. The molecule has 0 atom stereocenters. The second-order valence-electron chi connectivity index (χ2n) is 4.06. The SMILES string of the molecule is O=c1[nH]c2cncnc2n1-c1ccc2c(c1)OCO2. The molecular formula is C12H8N4O3. The fourth-order valence-electron chi connectivity index (χ4n) is 2.12. The fourth-order valence-corrected chi connectivity index (χ4v) is 2.12. The Labute approximate surface area is 106 Å². The minimum Gasteiger partial charge on any atom is -0.454 e. The van der Waals surface area contributed by atoms with E-state index < -0.39 is 0 Å². The lowest BCUT2D eigenvalue weighted by Gasteiger charge is -2.03. The summed E-state index contributed by atoms with van der Waals surface area (Å²) in [6, 6.07) is 5.30. The van der Waals surface area contributed by atoms with E-state index in [-0.39, 0.29) is 12.5 Å². The van der Waals surface area contributed by atoms with Crippen LogP contribution >= 0.6 is 0 Å². The van der Waals surface area contributed by atoms with Gasteiger partial charge in [0.1, 0.15) is 11.8 Å². The van der Waals surface area contributed by atoms with Crippen LogP contribution in [0.4, 0.5) is 0 Å². The second kappa shape index (κ2) is 3.58. The summed E-state index contributed by atoms with van der Waals surface area (Å²) in [6.07, 6.45) is 2.96. The Balaban J connectivity index is 2.00. The van der Waals surface area contributed by atoms with Crippen LogP contribution in [0.1, 0.15) is 0 Å². The van der Waals surface area contributed by atoms with E-state index >= 15 is 0 Å². The number of imidazole rings is 1. The summed E-state index contributed by atoms with van der Waals surface area (Å²) in [5.74, 6) is 1.29. The summed E-state index contributed by atoms with van der Waals surface area (Å²) >= 11 is 0. The summed E-state index contributed by atoms with van der Waals surface area (Å²) in [4.78, 5) is 22.7. The van der Waals surface area contributed by atoms with Crippen molar-refractivity contribution in [3.8, 4) is 17.2 Å². The van der Waals surface area contributed by atoms with Crippen LogP contribution in [0.3, 0.4) is 0 Å². The summed E-state index contributed by atoms with van der Waals surface area (Å²) in [7, 11) is 0. The van der Waals surface area contributed by atoms with E-state index in [4.69, 9.17) is 9.47 Å². The van der Waals surface area contributed by atoms with Gasteiger partial charge >= 0.3 is 5.69 Å². The van der Waals surface area contributed by atoms with Gasteiger partial charge in [0.15, 0.2) is 17.1 Å². The molecule has 7 nitrogen and oxygen atoms in total. The first-order chi connectivity index (χ1) is 9.33. The van der Waals surface area contributed by atoms with Gasteiger partial charge in [0, 0.05) is 6.07 Å². The Morgan fingerprint density at radius 2 is 2.16 bits per heavy atom. The van der Waals surface area contributed by atoms with Crippen LogP contribution in [0.2, 0.25) is 0 Å². The molecule has 0 radical (unpaired) electrons. The minimum atomic E-state index is -0.269. The van der Waals surface area contributed by atoms with Gasteiger partial charge in [0.25, 0.3) is 0 Å². The van der Waals surface area contributed by atoms with Crippen molar-refractivity contribution in [3.63, 3.8) is 0 Å². The van der Waals surface area contributed by atoms with Gasteiger partial charge in [-0.25, -0.2) is 19.3 Å². The van der Waals surface area contributed by atoms with Crippen LogP contribution in [0, 0.1) is 0 Å². The number of fused-ring (bicyclic) bond motifs is 2. The van der Waals surface area contributed by atoms with Crippen molar-refractivity contribution in [2.24, 2.45) is 0 Å². The number of ether oxygens (including phenoxy) is 2. The highest BCUT2D eigenvalue weighted by Crippen LogP contribution is 2.33. The van der Waals surface area contributed by atoms with Gasteiger partial charge in [-0.3, -0.25) is 0 Å². The van der Waals surface area contributed by atoms with Crippen molar-refractivity contribution in [2.75, 3.05) is 6.79 Å². The predicted molar refractivity (Wildman–Crippen MR) is 65.6 cm³/mol. The fraction of sp³-hybridized carbons (Fsp3) is 0.0833. The monoisotopic (exact) mass is 256 g/mol. The van der Waals surface area contributed by atoms with Crippen molar-refractivity contribution in [1.82, 2.24) is 19.5 Å². The van der Waals surface area contributed by atoms with E-state index in [0.717, 1.165) is 0 Å². The Hall–Kier alpha value is -2.83. The Bertz CT molecular complexity index is 836. The first-order valence-corrected chi connectivity index (χ1v) is 5.64. The highest BCUT2D eigenvalue weighted by molar-refractivity contribution is 5.71. The van der Waals surface area contributed by atoms with Crippen molar-refractivity contribution in [2.45, 2.75) is 0 Å². The number of hydrogen-bond acceptors (Lipinski definition) is 5. The van der Waals surface area contributed by atoms with Gasteiger partial charge in [-0.1, -0.05) is 0 Å². The zero-order valence-corrected chi connectivity index (χ0v) is 9.66. The summed E-state index contributed by atoms with van der Waals surface area (Å²) in [6.45, 7) is 0.198. The van der Waals surface area contributed by atoms with Gasteiger partial charge < -0.3 is 14.5 Å². The number of nitrogens with one attached hydrogen (secondary N) is 1. The number of rotatable bonds is 1. The van der Waals surface area contributed by atoms with Gasteiger partial charge in [-0.2, -0.15) is 0 Å². The lowest BCUT2D eigenvalue weighted by atomic mass is 10.3. The molecule has 2 aromatic heterocycles. The standard InChI is InChI=1S/C12H8N4O3/c17-12-15-8-4-13-5-14-11(8)16(12)7-1-2-9-10(3-7)19-6-18-9/h1-5H,6H2,(H,15,17). The molecule has 0 amide bonds. The van der Waals surface area contributed by atoms with E-state index in [1.165, 1.54) is 10.9 Å². The number of H-pyrrole nitrogens is 1. The molecule has 0 saturated heterocycles. The van der Waals surface area contributed by atoms with Crippen molar-refractivity contribution in [1.29, 1.82) is 0 Å². The Morgan fingerprint density at radius 1 is 1.26 bits per heavy atom. The third-order valence-corrected chi connectivity index (χ3v) is 2.96. The second-order valence-corrected chi connectivity index (χ2v) is 4.06. The molecule has 0 saturated carbocycles. The van der Waals surface area contributed by atoms with E-state index in [0.29, 0.717) is 28.4 Å². The normalized spacial score (nSPS) is 13.1. The molecule has 1 aliphatic rings. The molecule has 94 valence electrons. The zero-order chi connectivity index (χ0) is 12.8. The number of hydrogen-bond donors (Lipinski definition) is 1. The van der Waals surface area contributed by atoms with Crippen LogP contribution in [0.25, 0.3) is 16.9 Å². The van der Waals surface area contributed by atoms with Gasteiger partial charge in [-0.05, 0) is 12.1 Å². The smallest absolute Gasteiger partial charge is 0.332 e. The van der Waals surface area contributed by atoms with Crippen LogP contribution < -0.4 is 15.2 Å². The molecule has 1 aliphatic heterocycles. The molecule has 0 unspecified atom stereocenters. The van der Waals surface area contributed by atoms with E-state index in [1.807, 2.05) is 0 Å². The van der Waals surface area contributed by atoms with Crippen LogP contribution in [-0.4, -0.2) is 26.3 Å². The molecule has 1 aromatic carbocycles. The Morgan fingerprint density at radius 3 is 3.11 bits per heavy atom. The number of benzene rings is 1. The summed E-state index contributed by atoms with van der Waals surface area (Å²) in [5, 5.41) is 0. The molecule has 3 aromatic rings. The Kier molecular flexibility index (Phi) is 1.91. The number of aromatic amines is 1. The van der Waals surface area contributed by atoms with Crippen LogP contribution in [0.15, 0.2) is 35.5 Å². The topological polar surface area (TPSA) is 82.0 Å². The molecule has 3 heterocycles. The molecular weight excluding hydrogens is 248 g/mol. The first kappa shape index (κ1) is 10.1. The average molecular weight is 256 g/mol. The largest absolute Gasteiger partial charge is 0.454 e. The molecule has 0 aliphatic carbocycles. The quantitative estimate of drug-likeness (QED) is 0.697. The summed E-state index contributed by atoms with van der Waals surface area (Å²) in [5.41, 5.74) is 1.51. The van der Waals surface area contributed by atoms with Crippen molar-refractivity contribution >= 4 is 11.2 Å². The molecule has 0 bridgehead atoms. The third kappa shape index (κ3) is 1.41. The minimum absolute atomic E-state index is 0.198. The highest BCUT2D eigenvalue weighted by atomic mass is 16.7. The van der Waals surface area contributed by atoms with Gasteiger partial charge in [-0.15, -0.1) is 0 Å². The maximum absolute atomic E-state index is 12.0. The van der Waals surface area contributed by atoms with Gasteiger partial charge in [0.2, 0.25) is 6.79 Å². The lowest BCUT2D eigenvalue weighted by molar-refractivity contribution is 0.174. The van der Waals surface area contributed by atoms with Crippen LogP contribution in [0.5, 0.6) is 11.5 Å².